The van der Waals surface area contributed by atoms with Gasteiger partial charge in [0, 0.05) is 38.2 Å². The van der Waals surface area contributed by atoms with Crippen LogP contribution in [0.3, 0.4) is 0 Å². The van der Waals surface area contributed by atoms with E-state index in [2.05, 4.69) is 20.4 Å². The Balaban J connectivity index is 1.45. The number of carbonyl (C=O) groups is 1. The van der Waals surface area contributed by atoms with Gasteiger partial charge in [-0.3, -0.25) is 9.48 Å². The molecule has 0 saturated heterocycles. The number of amides is 1. The lowest BCUT2D eigenvalue weighted by Gasteiger charge is -2.23. The number of furan rings is 1. The summed E-state index contributed by atoms with van der Waals surface area (Å²) in [7, 11) is 0. The van der Waals surface area contributed by atoms with Crippen LogP contribution in [-0.2, 0) is 13.1 Å². The lowest BCUT2D eigenvalue weighted by atomic mass is 10.1. The van der Waals surface area contributed by atoms with Gasteiger partial charge in [-0.05, 0) is 36.6 Å². The Kier molecular flexibility index (Phi) is 4.63. The van der Waals surface area contributed by atoms with Crippen LogP contribution in [0.25, 0.3) is 0 Å². The van der Waals surface area contributed by atoms with Gasteiger partial charge in [0.2, 0.25) is 5.95 Å². The molecule has 0 spiro atoms. The quantitative estimate of drug-likeness (QED) is 0.756. The van der Waals surface area contributed by atoms with E-state index in [1.165, 1.54) is 6.26 Å². The highest BCUT2D eigenvalue weighted by molar-refractivity contribution is 5.91. The molecule has 3 aromatic rings. The number of anilines is 1. The van der Waals surface area contributed by atoms with Crippen LogP contribution in [0, 0.1) is 5.92 Å². The molecule has 134 valence electrons. The normalized spacial score (nSPS) is 16.8. The molecule has 0 fully saturated rings. The third-order valence-corrected chi connectivity index (χ3v) is 4.49. The predicted octanol–water partition coefficient (Wildman–Crippen LogP) is 2.04. The molecule has 8 nitrogen and oxygen atoms in total. The van der Waals surface area contributed by atoms with E-state index < -0.39 is 0 Å². The summed E-state index contributed by atoms with van der Waals surface area (Å²) in [6, 6.07) is 7.18. The van der Waals surface area contributed by atoms with Crippen molar-refractivity contribution in [3.63, 3.8) is 0 Å². The molecule has 1 aliphatic heterocycles. The van der Waals surface area contributed by atoms with Crippen LogP contribution in [-0.4, -0.2) is 43.6 Å². The zero-order chi connectivity index (χ0) is 17.8. The maximum Gasteiger partial charge on any atom is 0.289 e. The van der Waals surface area contributed by atoms with Gasteiger partial charge >= 0.3 is 0 Å². The number of hydrogen-bond acceptors (Lipinski definition) is 6. The van der Waals surface area contributed by atoms with Gasteiger partial charge in [0.15, 0.2) is 5.76 Å². The second kappa shape index (κ2) is 7.38. The van der Waals surface area contributed by atoms with Gasteiger partial charge in [-0.25, -0.2) is 9.97 Å². The van der Waals surface area contributed by atoms with Gasteiger partial charge in [-0.15, -0.1) is 0 Å². The summed E-state index contributed by atoms with van der Waals surface area (Å²) in [5.41, 5.74) is 1.03. The van der Waals surface area contributed by atoms with Gasteiger partial charge in [0.1, 0.15) is 0 Å². The van der Waals surface area contributed by atoms with Gasteiger partial charge in [0.25, 0.3) is 5.91 Å². The van der Waals surface area contributed by atoms with E-state index >= 15 is 0 Å². The molecule has 0 aromatic carbocycles. The van der Waals surface area contributed by atoms with Crippen LogP contribution < -0.4 is 5.32 Å². The van der Waals surface area contributed by atoms with Crippen molar-refractivity contribution < 1.29 is 9.21 Å². The van der Waals surface area contributed by atoms with Crippen LogP contribution in [0.5, 0.6) is 0 Å². The summed E-state index contributed by atoms with van der Waals surface area (Å²) in [6.45, 7) is 2.70. The van der Waals surface area contributed by atoms with Gasteiger partial charge < -0.3 is 14.6 Å². The van der Waals surface area contributed by atoms with E-state index in [1.807, 2.05) is 15.6 Å². The Morgan fingerprint density at radius 1 is 1.19 bits per heavy atom. The van der Waals surface area contributed by atoms with Crippen LogP contribution in [0.1, 0.15) is 22.7 Å². The molecule has 3 aromatic heterocycles. The second-order valence-electron chi connectivity index (χ2n) is 6.32. The molecule has 0 bridgehead atoms. The number of rotatable bonds is 5. The number of hydrogen-bond donors (Lipinski definition) is 1. The Morgan fingerprint density at radius 3 is 2.88 bits per heavy atom. The van der Waals surface area contributed by atoms with Crippen molar-refractivity contribution in [1.29, 1.82) is 0 Å². The molecule has 1 unspecified atom stereocenters. The van der Waals surface area contributed by atoms with E-state index in [9.17, 15) is 4.79 Å². The summed E-state index contributed by atoms with van der Waals surface area (Å²) in [5, 5.41) is 7.63. The summed E-state index contributed by atoms with van der Waals surface area (Å²) in [6.07, 6.45) is 7.60. The minimum absolute atomic E-state index is 0.0889. The standard InChI is InChI=1S/C18H20N6O2/c25-17(16-3-1-10-26-16)23-11-14(12-24-15(13-23)5-9-22-24)4-8-21-18-19-6-2-7-20-18/h1-3,5-7,9-10,14H,4,8,11-13H2,(H,19,20,21). The van der Waals surface area contributed by atoms with E-state index in [0.717, 1.165) is 25.2 Å². The highest BCUT2D eigenvalue weighted by Crippen LogP contribution is 2.20. The number of carbonyl (C=O) groups excluding carboxylic acids is 1. The molecular formula is C18H20N6O2. The molecule has 1 amide bonds. The predicted molar refractivity (Wildman–Crippen MR) is 94.3 cm³/mol. The first kappa shape index (κ1) is 16.3. The second-order valence-corrected chi connectivity index (χ2v) is 6.32. The molecular weight excluding hydrogens is 332 g/mol. The molecule has 1 N–H and O–H groups in total. The fourth-order valence-electron chi connectivity index (χ4n) is 3.20. The molecule has 4 rings (SSSR count). The summed E-state index contributed by atoms with van der Waals surface area (Å²) < 4.78 is 7.28. The van der Waals surface area contributed by atoms with Crippen molar-refractivity contribution in [2.45, 2.75) is 19.5 Å². The molecule has 0 aliphatic carbocycles. The monoisotopic (exact) mass is 352 g/mol. The van der Waals surface area contributed by atoms with Gasteiger partial charge in [-0.2, -0.15) is 5.10 Å². The highest BCUT2D eigenvalue weighted by atomic mass is 16.3. The minimum atomic E-state index is -0.0889. The van der Waals surface area contributed by atoms with Gasteiger partial charge in [0.05, 0.1) is 18.5 Å². The van der Waals surface area contributed by atoms with Crippen LogP contribution in [0.15, 0.2) is 53.5 Å². The van der Waals surface area contributed by atoms with E-state index in [1.54, 1.807) is 36.8 Å². The number of nitrogens with zero attached hydrogens (tertiary/aromatic N) is 5. The lowest BCUT2D eigenvalue weighted by molar-refractivity contribution is 0.0687. The lowest BCUT2D eigenvalue weighted by Crippen LogP contribution is -2.34. The number of aromatic nitrogens is 4. The minimum Gasteiger partial charge on any atom is -0.459 e. The van der Waals surface area contributed by atoms with Crippen molar-refractivity contribution >= 4 is 11.9 Å². The summed E-state index contributed by atoms with van der Waals surface area (Å²) in [4.78, 5) is 22.9. The van der Waals surface area contributed by atoms with Crippen molar-refractivity contribution in [3.8, 4) is 0 Å². The van der Waals surface area contributed by atoms with Crippen molar-refractivity contribution in [2.24, 2.45) is 5.92 Å². The molecule has 4 heterocycles. The van der Waals surface area contributed by atoms with Crippen molar-refractivity contribution in [3.05, 3.63) is 60.6 Å². The molecule has 0 saturated carbocycles. The first-order chi connectivity index (χ1) is 12.8. The largest absolute Gasteiger partial charge is 0.459 e. The van der Waals surface area contributed by atoms with Crippen LogP contribution in [0.4, 0.5) is 5.95 Å². The first-order valence-corrected chi connectivity index (χ1v) is 8.64. The Morgan fingerprint density at radius 2 is 2.08 bits per heavy atom. The molecule has 26 heavy (non-hydrogen) atoms. The number of nitrogens with one attached hydrogen (secondary N) is 1. The molecule has 0 radical (unpaired) electrons. The molecule has 1 aliphatic rings. The third kappa shape index (κ3) is 3.58. The van der Waals surface area contributed by atoms with Crippen molar-refractivity contribution in [1.82, 2.24) is 24.6 Å². The van der Waals surface area contributed by atoms with Crippen LogP contribution >= 0.6 is 0 Å². The van der Waals surface area contributed by atoms with E-state index in [0.29, 0.717) is 24.8 Å². The van der Waals surface area contributed by atoms with E-state index in [4.69, 9.17) is 4.42 Å². The zero-order valence-corrected chi connectivity index (χ0v) is 14.3. The van der Waals surface area contributed by atoms with E-state index in [-0.39, 0.29) is 11.8 Å². The summed E-state index contributed by atoms with van der Waals surface area (Å²) in [5.74, 6) is 1.16. The summed E-state index contributed by atoms with van der Waals surface area (Å²) >= 11 is 0. The first-order valence-electron chi connectivity index (χ1n) is 8.64. The topological polar surface area (TPSA) is 89.1 Å². The smallest absolute Gasteiger partial charge is 0.289 e. The zero-order valence-electron chi connectivity index (χ0n) is 14.3. The Hall–Kier alpha value is -3.16. The maximum absolute atomic E-state index is 12.8. The number of fused-ring (bicyclic) bond motifs is 1. The fraction of sp³-hybridized carbons (Fsp3) is 0.333. The Labute approximate surface area is 150 Å². The maximum atomic E-state index is 12.8. The average Bonchev–Trinajstić information content (AvgIpc) is 3.31. The third-order valence-electron chi connectivity index (χ3n) is 4.49. The van der Waals surface area contributed by atoms with Crippen molar-refractivity contribution in [2.75, 3.05) is 18.4 Å². The highest BCUT2D eigenvalue weighted by Gasteiger charge is 2.27. The van der Waals surface area contributed by atoms with Gasteiger partial charge in [-0.1, -0.05) is 0 Å². The SMILES string of the molecule is O=C(c1ccco1)N1Cc2ccnn2CC(CCNc2ncccn2)C1. The Bertz CT molecular complexity index is 846. The molecule has 8 heteroatoms. The molecule has 1 atom stereocenters. The fourth-order valence-corrected chi connectivity index (χ4v) is 3.20. The average molecular weight is 352 g/mol. The van der Waals surface area contributed by atoms with Crippen LogP contribution in [0.2, 0.25) is 0 Å².